The van der Waals surface area contributed by atoms with Crippen molar-refractivity contribution in [3.8, 4) is 0 Å². The minimum absolute atomic E-state index is 0.362. The van der Waals surface area contributed by atoms with E-state index in [0.29, 0.717) is 12.1 Å². The van der Waals surface area contributed by atoms with Crippen molar-refractivity contribution < 1.29 is 0 Å². The molecule has 0 spiro atoms. The highest BCUT2D eigenvalue weighted by Gasteiger charge is 2.30. The van der Waals surface area contributed by atoms with E-state index in [1.165, 1.54) is 18.4 Å². The molecule has 0 heterocycles. The number of nitrogens with zero attached hydrogens (tertiary/aromatic N) is 1. The van der Waals surface area contributed by atoms with E-state index in [0.717, 1.165) is 19.0 Å². The van der Waals surface area contributed by atoms with Gasteiger partial charge < -0.3 is 5.73 Å². The smallest absolute Gasteiger partial charge is 0.0237 e. The van der Waals surface area contributed by atoms with Crippen molar-refractivity contribution in [1.29, 1.82) is 0 Å². The molecule has 1 saturated carbocycles. The molecule has 2 N–H and O–H groups in total. The first-order valence-corrected chi connectivity index (χ1v) is 6.70. The van der Waals surface area contributed by atoms with Crippen LogP contribution >= 0.6 is 0 Å². The Kier molecular flexibility index (Phi) is 4.19. The number of hydrogen-bond acceptors (Lipinski definition) is 2. The maximum absolute atomic E-state index is 6.23. The predicted octanol–water partition coefficient (Wildman–Crippen LogP) is 2.63. The summed E-state index contributed by atoms with van der Waals surface area (Å²) < 4.78 is 0. The second-order valence-electron chi connectivity index (χ2n) is 5.51. The average molecular weight is 232 g/mol. The van der Waals surface area contributed by atoms with Crippen molar-refractivity contribution in [3.63, 3.8) is 0 Å². The third kappa shape index (κ3) is 3.83. The van der Waals surface area contributed by atoms with Gasteiger partial charge in [0.2, 0.25) is 0 Å². The number of rotatable bonds is 6. The van der Waals surface area contributed by atoms with Gasteiger partial charge in [-0.05, 0) is 38.2 Å². The van der Waals surface area contributed by atoms with E-state index in [4.69, 9.17) is 5.73 Å². The molecular formula is C15H24N2. The Morgan fingerprint density at radius 3 is 2.41 bits per heavy atom. The highest BCUT2D eigenvalue weighted by atomic mass is 15.2. The molecule has 1 unspecified atom stereocenters. The molecular weight excluding hydrogens is 208 g/mol. The molecule has 2 heteroatoms. The first-order valence-electron chi connectivity index (χ1n) is 6.70. The SMILES string of the molecule is CC(C)N(Cc1ccccc1)CC(N)C1CC1. The first-order chi connectivity index (χ1) is 8.16. The highest BCUT2D eigenvalue weighted by Crippen LogP contribution is 2.32. The minimum Gasteiger partial charge on any atom is -0.326 e. The molecule has 17 heavy (non-hydrogen) atoms. The van der Waals surface area contributed by atoms with Crippen LogP contribution in [0.15, 0.2) is 30.3 Å². The summed E-state index contributed by atoms with van der Waals surface area (Å²) in [6.07, 6.45) is 2.66. The topological polar surface area (TPSA) is 29.3 Å². The van der Waals surface area contributed by atoms with Crippen LogP contribution in [0.1, 0.15) is 32.3 Å². The lowest BCUT2D eigenvalue weighted by Gasteiger charge is -2.29. The zero-order valence-electron chi connectivity index (χ0n) is 11.0. The lowest BCUT2D eigenvalue weighted by atomic mass is 10.1. The Bertz CT molecular complexity index is 330. The van der Waals surface area contributed by atoms with E-state index in [9.17, 15) is 0 Å². The number of benzene rings is 1. The molecule has 0 aromatic heterocycles. The molecule has 1 aliphatic rings. The van der Waals surface area contributed by atoms with Gasteiger partial charge in [0, 0.05) is 25.2 Å². The minimum atomic E-state index is 0.362. The van der Waals surface area contributed by atoms with Crippen molar-refractivity contribution in [2.75, 3.05) is 6.54 Å². The quantitative estimate of drug-likeness (QED) is 0.817. The van der Waals surface area contributed by atoms with E-state index in [1.54, 1.807) is 0 Å². The standard InChI is InChI=1S/C15H24N2/c1-12(2)17(11-15(16)14-8-9-14)10-13-6-4-3-5-7-13/h3-7,12,14-15H,8-11,16H2,1-2H3. The van der Waals surface area contributed by atoms with Crippen LogP contribution in [0.2, 0.25) is 0 Å². The summed E-state index contributed by atoms with van der Waals surface area (Å²) in [5, 5.41) is 0. The van der Waals surface area contributed by atoms with Gasteiger partial charge in [-0.2, -0.15) is 0 Å². The van der Waals surface area contributed by atoms with E-state index in [1.807, 2.05) is 0 Å². The summed E-state index contributed by atoms with van der Waals surface area (Å²) in [5.41, 5.74) is 7.61. The predicted molar refractivity (Wildman–Crippen MR) is 72.7 cm³/mol. The van der Waals surface area contributed by atoms with Gasteiger partial charge in [0.15, 0.2) is 0 Å². The van der Waals surface area contributed by atoms with E-state index < -0.39 is 0 Å². The third-order valence-electron chi connectivity index (χ3n) is 3.63. The summed E-state index contributed by atoms with van der Waals surface area (Å²) in [6.45, 7) is 6.54. The molecule has 1 aliphatic carbocycles. The second kappa shape index (κ2) is 5.65. The molecule has 1 aromatic carbocycles. The fourth-order valence-corrected chi connectivity index (χ4v) is 2.22. The Labute approximate surface area is 105 Å². The van der Waals surface area contributed by atoms with Crippen molar-refractivity contribution in [1.82, 2.24) is 4.90 Å². The van der Waals surface area contributed by atoms with Gasteiger partial charge in [0.1, 0.15) is 0 Å². The van der Waals surface area contributed by atoms with Gasteiger partial charge in [-0.25, -0.2) is 0 Å². The van der Waals surface area contributed by atoms with Gasteiger partial charge in [0.05, 0.1) is 0 Å². The molecule has 0 aliphatic heterocycles. The molecule has 0 saturated heterocycles. The molecule has 1 fully saturated rings. The number of hydrogen-bond donors (Lipinski definition) is 1. The summed E-state index contributed by atoms with van der Waals surface area (Å²) in [7, 11) is 0. The fraction of sp³-hybridized carbons (Fsp3) is 0.600. The van der Waals surface area contributed by atoms with Crippen LogP contribution < -0.4 is 5.73 Å². The molecule has 2 nitrogen and oxygen atoms in total. The van der Waals surface area contributed by atoms with Crippen LogP contribution in [0.4, 0.5) is 0 Å². The third-order valence-corrected chi connectivity index (χ3v) is 3.63. The van der Waals surface area contributed by atoms with Crippen molar-refractivity contribution in [3.05, 3.63) is 35.9 Å². The first kappa shape index (κ1) is 12.6. The van der Waals surface area contributed by atoms with E-state index in [2.05, 4.69) is 49.1 Å². The van der Waals surface area contributed by atoms with Crippen LogP contribution in [-0.2, 0) is 6.54 Å². The Balaban J connectivity index is 1.92. The molecule has 2 rings (SSSR count). The maximum Gasteiger partial charge on any atom is 0.0237 e. The lowest BCUT2D eigenvalue weighted by Crippen LogP contribution is -2.41. The number of nitrogens with two attached hydrogens (primary N) is 1. The molecule has 0 radical (unpaired) electrons. The summed E-state index contributed by atoms with van der Waals surface area (Å²) in [4.78, 5) is 2.48. The lowest BCUT2D eigenvalue weighted by molar-refractivity contribution is 0.193. The van der Waals surface area contributed by atoms with Crippen LogP contribution in [0, 0.1) is 5.92 Å². The molecule has 0 bridgehead atoms. The average Bonchev–Trinajstić information content (AvgIpc) is 3.13. The normalized spacial score (nSPS) is 17.7. The van der Waals surface area contributed by atoms with Crippen LogP contribution in [0.25, 0.3) is 0 Å². The van der Waals surface area contributed by atoms with Gasteiger partial charge in [-0.15, -0.1) is 0 Å². The highest BCUT2D eigenvalue weighted by molar-refractivity contribution is 5.14. The van der Waals surface area contributed by atoms with Crippen LogP contribution in [0.5, 0.6) is 0 Å². The summed E-state index contributed by atoms with van der Waals surface area (Å²) in [5.74, 6) is 0.784. The summed E-state index contributed by atoms with van der Waals surface area (Å²) >= 11 is 0. The monoisotopic (exact) mass is 232 g/mol. The van der Waals surface area contributed by atoms with Gasteiger partial charge in [-0.3, -0.25) is 4.90 Å². The van der Waals surface area contributed by atoms with Gasteiger partial charge in [0.25, 0.3) is 0 Å². The second-order valence-corrected chi connectivity index (χ2v) is 5.51. The zero-order valence-corrected chi connectivity index (χ0v) is 11.0. The van der Waals surface area contributed by atoms with Crippen molar-refractivity contribution in [2.45, 2.75) is 45.3 Å². The van der Waals surface area contributed by atoms with Crippen molar-refractivity contribution >= 4 is 0 Å². The zero-order chi connectivity index (χ0) is 12.3. The van der Waals surface area contributed by atoms with E-state index >= 15 is 0 Å². The molecule has 0 amide bonds. The van der Waals surface area contributed by atoms with Gasteiger partial charge in [-0.1, -0.05) is 30.3 Å². The fourth-order valence-electron chi connectivity index (χ4n) is 2.22. The maximum atomic E-state index is 6.23. The largest absolute Gasteiger partial charge is 0.326 e. The van der Waals surface area contributed by atoms with Crippen molar-refractivity contribution in [2.24, 2.45) is 11.7 Å². The molecule has 1 atom stereocenters. The Hall–Kier alpha value is -0.860. The van der Waals surface area contributed by atoms with Crippen LogP contribution in [-0.4, -0.2) is 23.5 Å². The van der Waals surface area contributed by atoms with Gasteiger partial charge >= 0.3 is 0 Å². The van der Waals surface area contributed by atoms with E-state index in [-0.39, 0.29) is 0 Å². The molecule has 94 valence electrons. The summed E-state index contributed by atoms with van der Waals surface area (Å²) in [6, 6.07) is 11.6. The van der Waals surface area contributed by atoms with Crippen LogP contribution in [0.3, 0.4) is 0 Å². The molecule has 1 aromatic rings. The Morgan fingerprint density at radius 2 is 1.88 bits per heavy atom. The Morgan fingerprint density at radius 1 is 1.24 bits per heavy atom.